The summed E-state index contributed by atoms with van der Waals surface area (Å²) in [5.74, 6) is 0.452. The van der Waals surface area contributed by atoms with Crippen molar-refractivity contribution < 1.29 is 13.2 Å². The lowest BCUT2D eigenvalue weighted by atomic mass is 9.96. The molecule has 0 heterocycles. The van der Waals surface area contributed by atoms with Crippen LogP contribution in [0.4, 0.5) is 0 Å². The second-order valence-corrected chi connectivity index (χ2v) is 6.83. The monoisotopic (exact) mass is 268 g/mol. The Balaban J connectivity index is 2.77. The van der Waals surface area contributed by atoms with E-state index in [-0.39, 0.29) is 10.7 Å². The molecule has 1 unspecified atom stereocenters. The van der Waals surface area contributed by atoms with Crippen molar-refractivity contribution in [2.75, 3.05) is 6.26 Å². The standard InChI is InChI=1S/C14H20O3S/c1-4-5-11(2)10-14(15)12-6-8-13(9-7-12)18(3,16)17/h6-9,11H,4-5,10H2,1-3H3. The van der Waals surface area contributed by atoms with Gasteiger partial charge < -0.3 is 0 Å². The molecule has 0 aliphatic carbocycles. The van der Waals surface area contributed by atoms with E-state index in [0.717, 1.165) is 19.1 Å². The van der Waals surface area contributed by atoms with Crippen molar-refractivity contribution >= 4 is 15.6 Å². The normalized spacial score (nSPS) is 13.3. The van der Waals surface area contributed by atoms with E-state index in [9.17, 15) is 13.2 Å². The van der Waals surface area contributed by atoms with E-state index in [2.05, 4.69) is 13.8 Å². The van der Waals surface area contributed by atoms with Gasteiger partial charge in [-0.15, -0.1) is 0 Å². The maximum atomic E-state index is 11.9. The zero-order valence-corrected chi connectivity index (χ0v) is 12.0. The molecule has 0 spiro atoms. The van der Waals surface area contributed by atoms with Gasteiger partial charge in [-0.1, -0.05) is 38.8 Å². The van der Waals surface area contributed by atoms with Gasteiger partial charge in [-0.3, -0.25) is 4.79 Å². The van der Waals surface area contributed by atoms with Crippen LogP contribution in [0, 0.1) is 5.92 Å². The molecular formula is C14H20O3S. The van der Waals surface area contributed by atoms with Gasteiger partial charge in [0.1, 0.15) is 0 Å². The van der Waals surface area contributed by atoms with Crippen molar-refractivity contribution in [3.63, 3.8) is 0 Å². The molecule has 0 bridgehead atoms. The minimum absolute atomic E-state index is 0.0796. The maximum absolute atomic E-state index is 11.9. The van der Waals surface area contributed by atoms with Crippen molar-refractivity contribution in [3.05, 3.63) is 29.8 Å². The Labute approximate surface area is 109 Å². The topological polar surface area (TPSA) is 51.2 Å². The molecule has 1 aromatic carbocycles. The largest absolute Gasteiger partial charge is 0.294 e. The highest BCUT2D eigenvalue weighted by molar-refractivity contribution is 7.90. The number of ketones is 1. The lowest BCUT2D eigenvalue weighted by Gasteiger charge is -2.09. The molecule has 1 rings (SSSR count). The quantitative estimate of drug-likeness (QED) is 0.745. The number of carbonyl (C=O) groups is 1. The Morgan fingerprint density at radius 1 is 1.22 bits per heavy atom. The predicted molar refractivity (Wildman–Crippen MR) is 72.6 cm³/mol. The molecule has 1 aromatic rings. The lowest BCUT2D eigenvalue weighted by molar-refractivity contribution is 0.0962. The first kappa shape index (κ1) is 14.9. The fourth-order valence-corrected chi connectivity index (χ4v) is 2.55. The first-order chi connectivity index (χ1) is 8.34. The molecule has 18 heavy (non-hydrogen) atoms. The molecule has 0 N–H and O–H groups in total. The van der Waals surface area contributed by atoms with Crippen LogP contribution in [0.5, 0.6) is 0 Å². The van der Waals surface area contributed by atoms with Crippen LogP contribution in [0.2, 0.25) is 0 Å². The summed E-state index contributed by atoms with van der Waals surface area (Å²) in [6, 6.07) is 6.18. The Bertz CT molecular complexity index is 500. The zero-order valence-electron chi connectivity index (χ0n) is 11.1. The van der Waals surface area contributed by atoms with E-state index in [1.807, 2.05) is 0 Å². The third-order valence-electron chi connectivity index (χ3n) is 2.92. The number of carbonyl (C=O) groups excluding carboxylic acids is 1. The second-order valence-electron chi connectivity index (χ2n) is 4.82. The van der Waals surface area contributed by atoms with Crippen LogP contribution in [-0.2, 0) is 9.84 Å². The molecule has 3 nitrogen and oxygen atoms in total. The van der Waals surface area contributed by atoms with Crippen LogP contribution in [0.15, 0.2) is 29.2 Å². The lowest BCUT2D eigenvalue weighted by Crippen LogP contribution is -2.06. The molecule has 0 aliphatic heterocycles. The van der Waals surface area contributed by atoms with Gasteiger partial charge in [0, 0.05) is 18.2 Å². The van der Waals surface area contributed by atoms with E-state index in [0.29, 0.717) is 17.9 Å². The molecule has 0 aliphatic rings. The molecule has 0 radical (unpaired) electrons. The van der Waals surface area contributed by atoms with Crippen LogP contribution in [0.1, 0.15) is 43.5 Å². The minimum atomic E-state index is -3.19. The molecule has 0 amide bonds. The van der Waals surface area contributed by atoms with Gasteiger partial charge in [0.15, 0.2) is 15.6 Å². The van der Waals surface area contributed by atoms with Crippen LogP contribution in [-0.4, -0.2) is 20.5 Å². The van der Waals surface area contributed by atoms with Crippen LogP contribution in [0.3, 0.4) is 0 Å². The molecule has 0 aromatic heterocycles. The van der Waals surface area contributed by atoms with Crippen molar-refractivity contribution in [1.29, 1.82) is 0 Å². The summed E-state index contributed by atoms with van der Waals surface area (Å²) in [6.07, 6.45) is 3.79. The highest BCUT2D eigenvalue weighted by Gasteiger charge is 2.12. The summed E-state index contributed by atoms with van der Waals surface area (Å²) < 4.78 is 22.6. The van der Waals surface area contributed by atoms with Crippen molar-refractivity contribution in [2.24, 2.45) is 5.92 Å². The fraction of sp³-hybridized carbons (Fsp3) is 0.500. The molecule has 1 atom stereocenters. The summed E-state index contributed by atoms with van der Waals surface area (Å²) in [7, 11) is -3.19. The van der Waals surface area contributed by atoms with Gasteiger partial charge in [-0.05, 0) is 18.1 Å². The summed E-state index contributed by atoms with van der Waals surface area (Å²) >= 11 is 0. The van der Waals surface area contributed by atoms with Crippen molar-refractivity contribution in [1.82, 2.24) is 0 Å². The van der Waals surface area contributed by atoms with Gasteiger partial charge >= 0.3 is 0 Å². The van der Waals surface area contributed by atoms with Gasteiger partial charge in [-0.25, -0.2) is 8.42 Å². The Hall–Kier alpha value is -1.16. The third kappa shape index (κ3) is 4.26. The number of Topliss-reactive ketones (excluding diaryl/α,β-unsaturated/α-hetero) is 1. The van der Waals surface area contributed by atoms with Gasteiger partial charge in [-0.2, -0.15) is 0 Å². The Kier molecular flexibility index (Phi) is 5.08. The first-order valence-corrected chi connectivity index (χ1v) is 8.07. The highest BCUT2D eigenvalue weighted by atomic mass is 32.2. The van der Waals surface area contributed by atoms with Gasteiger partial charge in [0.25, 0.3) is 0 Å². The summed E-state index contributed by atoms with van der Waals surface area (Å²) in [4.78, 5) is 12.2. The first-order valence-electron chi connectivity index (χ1n) is 6.18. The van der Waals surface area contributed by atoms with Gasteiger partial charge in [0.05, 0.1) is 4.90 Å². The van der Waals surface area contributed by atoms with E-state index in [1.54, 1.807) is 12.1 Å². The highest BCUT2D eigenvalue weighted by Crippen LogP contribution is 2.16. The third-order valence-corrected chi connectivity index (χ3v) is 4.05. The van der Waals surface area contributed by atoms with E-state index < -0.39 is 9.84 Å². The van der Waals surface area contributed by atoms with Crippen molar-refractivity contribution in [2.45, 2.75) is 38.0 Å². The van der Waals surface area contributed by atoms with E-state index in [4.69, 9.17) is 0 Å². The van der Waals surface area contributed by atoms with Gasteiger partial charge in [0.2, 0.25) is 0 Å². The predicted octanol–water partition coefficient (Wildman–Crippen LogP) is 3.10. The Morgan fingerprint density at radius 2 is 1.78 bits per heavy atom. The Morgan fingerprint density at radius 3 is 2.22 bits per heavy atom. The zero-order chi connectivity index (χ0) is 13.8. The van der Waals surface area contributed by atoms with Crippen LogP contribution < -0.4 is 0 Å². The smallest absolute Gasteiger partial charge is 0.175 e. The summed E-state index contributed by atoms with van der Waals surface area (Å²) in [6.45, 7) is 4.16. The second kappa shape index (κ2) is 6.14. The molecule has 0 saturated carbocycles. The maximum Gasteiger partial charge on any atom is 0.175 e. The number of hydrogen-bond donors (Lipinski definition) is 0. The summed E-state index contributed by atoms with van der Waals surface area (Å²) in [5.41, 5.74) is 0.588. The number of benzene rings is 1. The van der Waals surface area contributed by atoms with Crippen LogP contribution in [0.25, 0.3) is 0 Å². The molecule has 4 heteroatoms. The average Bonchev–Trinajstić information content (AvgIpc) is 2.28. The van der Waals surface area contributed by atoms with E-state index >= 15 is 0 Å². The average molecular weight is 268 g/mol. The number of hydrogen-bond acceptors (Lipinski definition) is 3. The molecular weight excluding hydrogens is 248 g/mol. The minimum Gasteiger partial charge on any atom is -0.294 e. The molecule has 100 valence electrons. The van der Waals surface area contributed by atoms with Crippen LogP contribution >= 0.6 is 0 Å². The number of rotatable bonds is 6. The fourth-order valence-electron chi connectivity index (χ4n) is 1.92. The SMILES string of the molecule is CCCC(C)CC(=O)c1ccc(S(C)(=O)=O)cc1. The van der Waals surface area contributed by atoms with Crippen molar-refractivity contribution in [3.8, 4) is 0 Å². The number of sulfone groups is 1. The van der Waals surface area contributed by atoms with E-state index in [1.165, 1.54) is 12.1 Å². The molecule has 0 fully saturated rings. The summed E-state index contributed by atoms with van der Waals surface area (Å²) in [5, 5.41) is 0. The molecule has 0 saturated heterocycles.